The van der Waals surface area contributed by atoms with Crippen LogP contribution in [0, 0.1) is 0 Å². The van der Waals surface area contributed by atoms with Crippen LogP contribution in [0.2, 0.25) is 0 Å². The lowest BCUT2D eigenvalue weighted by Gasteiger charge is -2.13. The van der Waals surface area contributed by atoms with Crippen molar-refractivity contribution in [3.63, 3.8) is 0 Å². The molecule has 0 aliphatic heterocycles. The molecule has 0 saturated carbocycles. The second-order valence-electron chi connectivity index (χ2n) is 5.97. The molecule has 0 spiro atoms. The molecule has 1 aromatic heterocycles. The van der Waals surface area contributed by atoms with E-state index >= 15 is 0 Å². The van der Waals surface area contributed by atoms with Crippen molar-refractivity contribution in [2.75, 3.05) is 27.9 Å². The highest BCUT2D eigenvalue weighted by atomic mass is 32.1. The van der Waals surface area contributed by atoms with Crippen LogP contribution in [-0.4, -0.2) is 45.6 Å². The van der Waals surface area contributed by atoms with E-state index < -0.39 is 5.97 Å². The smallest absolute Gasteiger partial charge is 0.310 e. The van der Waals surface area contributed by atoms with Gasteiger partial charge < -0.3 is 24.3 Å². The fourth-order valence-corrected chi connectivity index (χ4v) is 3.38. The number of esters is 1. The number of benzene rings is 1. The summed E-state index contributed by atoms with van der Waals surface area (Å²) < 4.78 is 20.9. The Labute approximate surface area is 172 Å². The summed E-state index contributed by atoms with van der Waals surface area (Å²) in [5, 5.41) is 2.66. The summed E-state index contributed by atoms with van der Waals surface area (Å²) in [5.41, 5.74) is 0.602. The van der Waals surface area contributed by atoms with Crippen LogP contribution in [0.3, 0.4) is 0 Å². The summed E-state index contributed by atoms with van der Waals surface area (Å²) in [6.45, 7) is 1.42. The molecule has 0 aliphatic carbocycles. The maximum absolute atomic E-state index is 12.2. The third-order valence-corrected chi connectivity index (χ3v) is 5.01. The quantitative estimate of drug-likeness (QED) is 0.464. The summed E-state index contributed by atoms with van der Waals surface area (Å²) in [7, 11) is 4.46. The lowest BCUT2D eigenvalue weighted by Crippen LogP contribution is -2.18. The minimum absolute atomic E-state index is 0.0534. The number of hydrogen-bond donors (Lipinski definition) is 1. The second-order valence-corrected chi connectivity index (χ2v) is 7.14. The van der Waals surface area contributed by atoms with E-state index in [1.54, 1.807) is 24.3 Å². The Kier molecular flexibility index (Phi) is 8.02. The van der Waals surface area contributed by atoms with Gasteiger partial charge in [0.05, 0.1) is 39.2 Å². The first kappa shape index (κ1) is 22.2. The molecule has 8 nitrogen and oxygen atoms in total. The van der Waals surface area contributed by atoms with Gasteiger partial charge >= 0.3 is 5.97 Å². The lowest BCUT2D eigenvalue weighted by molar-refractivity contribution is -0.141. The summed E-state index contributed by atoms with van der Waals surface area (Å²) in [6.07, 6.45) is -0.0534. The molecule has 2 aromatic rings. The summed E-state index contributed by atoms with van der Waals surface area (Å²) in [5.74, 6) is 0.277. The standard InChI is InChI=1S/C20H23NO7S/c1-12(22)21-10-14-5-6-18(29-14)15(23)11-28-19(24)9-13-7-16(25-2)20(27-4)17(8-13)26-3/h5-8H,9-11H2,1-4H3,(H,21,22). The molecule has 1 aromatic carbocycles. The van der Waals surface area contributed by atoms with Crippen molar-refractivity contribution < 1.29 is 33.3 Å². The van der Waals surface area contributed by atoms with E-state index in [9.17, 15) is 14.4 Å². The number of methoxy groups -OCH3 is 3. The number of hydrogen-bond acceptors (Lipinski definition) is 8. The maximum Gasteiger partial charge on any atom is 0.310 e. The second kappa shape index (κ2) is 10.5. The molecule has 0 aliphatic rings. The van der Waals surface area contributed by atoms with Gasteiger partial charge in [-0.15, -0.1) is 11.3 Å². The number of ketones is 1. The van der Waals surface area contributed by atoms with Crippen LogP contribution < -0.4 is 19.5 Å². The van der Waals surface area contributed by atoms with Crippen LogP contribution in [0.4, 0.5) is 0 Å². The normalized spacial score (nSPS) is 10.2. The average Bonchev–Trinajstić information content (AvgIpc) is 3.18. The Morgan fingerprint density at radius 3 is 2.21 bits per heavy atom. The molecule has 0 unspecified atom stereocenters. The molecular weight excluding hydrogens is 398 g/mol. The predicted octanol–water partition coefficient (Wildman–Crippen LogP) is 2.38. The van der Waals surface area contributed by atoms with Gasteiger partial charge in [-0.3, -0.25) is 14.4 Å². The van der Waals surface area contributed by atoms with Crippen molar-refractivity contribution in [3.8, 4) is 17.2 Å². The Hall–Kier alpha value is -3.07. The van der Waals surface area contributed by atoms with E-state index in [0.717, 1.165) is 4.88 Å². The van der Waals surface area contributed by atoms with Gasteiger partial charge in [0.25, 0.3) is 0 Å². The highest BCUT2D eigenvalue weighted by molar-refractivity contribution is 7.14. The van der Waals surface area contributed by atoms with Crippen LogP contribution in [0.25, 0.3) is 0 Å². The Morgan fingerprint density at radius 2 is 1.66 bits per heavy atom. The van der Waals surface area contributed by atoms with Crippen LogP contribution in [0.5, 0.6) is 17.2 Å². The third kappa shape index (κ3) is 6.21. The van der Waals surface area contributed by atoms with Crippen LogP contribution in [-0.2, 0) is 27.3 Å². The largest absolute Gasteiger partial charge is 0.493 e. The number of thiophene rings is 1. The molecule has 0 saturated heterocycles. The number of rotatable bonds is 10. The van der Waals surface area contributed by atoms with Gasteiger partial charge in [0, 0.05) is 11.8 Å². The zero-order chi connectivity index (χ0) is 21.4. The third-order valence-electron chi connectivity index (χ3n) is 3.89. The lowest BCUT2D eigenvalue weighted by atomic mass is 10.1. The zero-order valence-electron chi connectivity index (χ0n) is 16.7. The molecule has 0 bridgehead atoms. The molecule has 29 heavy (non-hydrogen) atoms. The van der Waals surface area contributed by atoms with Crippen molar-refractivity contribution in [1.82, 2.24) is 5.32 Å². The van der Waals surface area contributed by atoms with Crippen LogP contribution >= 0.6 is 11.3 Å². The number of nitrogens with one attached hydrogen (secondary N) is 1. The Balaban J connectivity index is 1.94. The van der Waals surface area contributed by atoms with Crippen molar-refractivity contribution in [2.24, 2.45) is 0 Å². The van der Waals surface area contributed by atoms with Gasteiger partial charge in [-0.1, -0.05) is 0 Å². The van der Waals surface area contributed by atoms with Gasteiger partial charge in [0.1, 0.15) is 0 Å². The Bertz CT molecular complexity index is 866. The first-order chi connectivity index (χ1) is 13.9. The summed E-state index contributed by atoms with van der Waals surface area (Å²) in [6, 6.07) is 6.71. The van der Waals surface area contributed by atoms with Gasteiger partial charge in [-0.2, -0.15) is 0 Å². The molecule has 1 heterocycles. The predicted molar refractivity (Wildman–Crippen MR) is 107 cm³/mol. The first-order valence-electron chi connectivity index (χ1n) is 8.68. The number of carbonyl (C=O) groups excluding carboxylic acids is 3. The van der Waals surface area contributed by atoms with Gasteiger partial charge in [0.15, 0.2) is 18.1 Å². The molecule has 0 radical (unpaired) electrons. The van der Waals surface area contributed by atoms with E-state index in [1.165, 1.54) is 39.6 Å². The number of ether oxygens (including phenoxy) is 4. The van der Waals surface area contributed by atoms with E-state index in [-0.39, 0.29) is 24.7 Å². The highest BCUT2D eigenvalue weighted by Crippen LogP contribution is 2.38. The minimum atomic E-state index is -0.553. The van der Waals surface area contributed by atoms with E-state index in [1.807, 2.05) is 0 Å². The molecular formula is C20H23NO7S. The van der Waals surface area contributed by atoms with E-state index in [0.29, 0.717) is 34.2 Å². The fraction of sp³-hybridized carbons (Fsp3) is 0.350. The first-order valence-corrected chi connectivity index (χ1v) is 9.50. The molecule has 2 rings (SSSR count). The highest BCUT2D eigenvalue weighted by Gasteiger charge is 2.17. The van der Waals surface area contributed by atoms with Gasteiger partial charge in [-0.05, 0) is 29.8 Å². The van der Waals surface area contributed by atoms with Crippen LogP contribution in [0.1, 0.15) is 27.0 Å². The monoisotopic (exact) mass is 421 g/mol. The molecule has 0 fully saturated rings. The molecule has 1 amide bonds. The van der Waals surface area contributed by atoms with Gasteiger partial charge in [0.2, 0.25) is 17.4 Å². The minimum Gasteiger partial charge on any atom is -0.493 e. The van der Waals surface area contributed by atoms with Crippen molar-refractivity contribution in [2.45, 2.75) is 19.9 Å². The molecule has 9 heteroatoms. The molecule has 156 valence electrons. The fourth-order valence-electron chi connectivity index (χ4n) is 2.51. The SMILES string of the molecule is COc1cc(CC(=O)OCC(=O)c2ccc(CNC(C)=O)s2)cc(OC)c1OC. The van der Waals surface area contributed by atoms with Crippen molar-refractivity contribution >= 4 is 29.0 Å². The van der Waals surface area contributed by atoms with Crippen molar-refractivity contribution in [3.05, 3.63) is 39.6 Å². The number of carbonyl (C=O) groups is 3. The number of amides is 1. The van der Waals surface area contributed by atoms with Crippen molar-refractivity contribution in [1.29, 1.82) is 0 Å². The van der Waals surface area contributed by atoms with E-state index in [2.05, 4.69) is 5.32 Å². The molecule has 0 atom stereocenters. The van der Waals surface area contributed by atoms with Gasteiger partial charge in [-0.25, -0.2) is 0 Å². The van der Waals surface area contributed by atoms with E-state index in [4.69, 9.17) is 18.9 Å². The Morgan fingerprint density at radius 1 is 1.00 bits per heavy atom. The van der Waals surface area contributed by atoms with Crippen LogP contribution in [0.15, 0.2) is 24.3 Å². The summed E-state index contributed by atoms with van der Waals surface area (Å²) in [4.78, 5) is 36.6. The maximum atomic E-state index is 12.2. The molecule has 1 N–H and O–H groups in total. The zero-order valence-corrected chi connectivity index (χ0v) is 17.5. The summed E-state index contributed by atoms with van der Waals surface area (Å²) >= 11 is 1.25. The number of Topliss-reactive ketones (excluding diaryl/α,β-unsaturated/α-hetero) is 1. The average molecular weight is 421 g/mol. The topological polar surface area (TPSA) is 100 Å².